The van der Waals surface area contributed by atoms with Crippen molar-refractivity contribution in [1.82, 2.24) is 4.90 Å². The molecule has 0 N–H and O–H groups in total. The van der Waals surface area contributed by atoms with E-state index >= 15 is 0 Å². The molecule has 0 bridgehead atoms. The standard InChI is InChI=1S/C16H21ClN2O6S/c1-2-3-7-18(13-6-8-26(23,24)11-13)16(20)10-25-15-5-4-12(19(21)22)9-14(15)17/h4-5,9,13H,2-3,6-8,10-11H2,1H3/t13-/m0/s1. The Morgan fingerprint density at radius 1 is 1.46 bits per heavy atom. The average Bonchev–Trinajstić information content (AvgIpc) is 2.93. The minimum absolute atomic E-state index is 0.0270. The van der Waals surface area contributed by atoms with Gasteiger partial charge in [-0.25, -0.2) is 8.42 Å². The van der Waals surface area contributed by atoms with Crippen molar-refractivity contribution in [3.8, 4) is 5.75 Å². The van der Waals surface area contributed by atoms with Crippen LogP contribution in [0, 0.1) is 10.1 Å². The molecule has 1 aromatic carbocycles. The lowest BCUT2D eigenvalue weighted by molar-refractivity contribution is -0.384. The van der Waals surface area contributed by atoms with Gasteiger partial charge in [0.25, 0.3) is 11.6 Å². The highest BCUT2D eigenvalue weighted by molar-refractivity contribution is 7.91. The molecule has 1 aliphatic heterocycles. The van der Waals surface area contributed by atoms with Crippen LogP contribution < -0.4 is 4.74 Å². The van der Waals surface area contributed by atoms with Crippen LogP contribution in [0.3, 0.4) is 0 Å². The van der Waals surface area contributed by atoms with Crippen molar-refractivity contribution < 1.29 is 22.9 Å². The molecule has 8 nitrogen and oxygen atoms in total. The molecule has 0 aromatic heterocycles. The molecule has 0 aliphatic carbocycles. The number of hydrogen-bond donors (Lipinski definition) is 0. The zero-order valence-electron chi connectivity index (χ0n) is 14.4. The number of rotatable bonds is 8. The number of non-ortho nitro benzene ring substituents is 1. The lowest BCUT2D eigenvalue weighted by Gasteiger charge is -2.28. The molecular formula is C16H21ClN2O6S. The molecule has 1 aliphatic rings. The minimum atomic E-state index is -3.11. The van der Waals surface area contributed by atoms with Gasteiger partial charge in [0.05, 0.1) is 21.5 Å². The Kier molecular flexibility index (Phi) is 6.82. The fraction of sp³-hybridized carbons (Fsp3) is 0.562. The Hall–Kier alpha value is -1.87. The maximum atomic E-state index is 12.6. The van der Waals surface area contributed by atoms with Gasteiger partial charge in [-0.15, -0.1) is 0 Å². The molecule has 1 fully saturated rings. The van der Waals surface area contributed by atoms with E-state index in [-0.39, 0.29) is 46.5 Å². The van der Waals surface area contributed by atoms with Gasteiger partial charge in [0.1, 0.15) is 5.75 Å². The van der Waals surface area contributed by atoms with Gasteiger partial charge in [-0.3, -0.25) is 14.9 Å². The molecule has 2 rings (SSSR count). The van der Waals surface area contributed by atoms with Gasteiger partial charge >= 0.3 is 0 Å². The lowest BCUT2D eigenvalue weighted by Crippen LogP contribution is -2.44. The molecule has 0 unspecified atom stereocenters. The van der Waals surface area contributed by atoms with Crippen LogP contribution in [0.2, 0.25) is 5.02 Å². The van der Waals surface area contributed by atoms with E-state index in [1.807, 2.05) is 6.92 Å². The Morgan fingerprint density at radius 3 is 2.73 bits per heavy atom. The van der Waals surface area contributed by atoms with Crippen molar-refractivity contribution in [3.05, 3.63) is 33.3 Å². The lowest BCUT2D eigenvalue weighted by atomic mass is 10.2. The van der Waals surface area contributed by atoms with Crippen LogP contribution in [0.5, 0.6) is 5.75 Å². The van der Waals surface area contributed by atoms with Crippen LogP contribution in [0.4, 0.5) is 5.69 Å². The molecule has 1 aromatic rings. The van der Waals surface area contributed by atoms with E-state index in [1.54, 1.807) is 4.90 Å². The smallest absolute Gasteiger partial charge is 0.271 e. The van der Waals surface area contributed by atoms with Crippen molar-refractivity contribution in [3.63, 3.8) is 0 Å². The normalized spacial score (nSPS) is 18.5. The van der Waals surface area contributed by atoms with Crippen LogP contribution >= 0.6 is 11.6 Å². The quantitative estimate of drug-likeness (QED) is 0.486. The monoisotopic (exact) mass is 404 g/mol. The molecule has 0 radical (unpaired) electrons. The van der Waals surface area contributed by atoms with E-state index in [4.69, 9.17) is 16.3 Å². The zero-order chi connectivity index (χ0) is 19.3. The van der Waals surface area contributed by atoms with Gasteiger partial charge in [0.2, 0.25) is 0 Å². The van der Waals surface area contributed by atoms with Gasteiger partial charge in [-0.2, -0.15) is 0 Å². The molecule has 26 heavy (non-hydrogen) atoms. The number of carbonyl (C=O) groups excluding carboxylic acids is 1. The maximum absolute atomic E-state index is 12.6. The summed E-state index contributed by atoms with van der Waals surface area (Å²) in [5, 5.41) is 10.8. The van der Waals surface area contributed by atoms with E-state index in [0.717, 1.165) is 18.9 Å². The van der Waals surface area contributed by atoms with Gasteiger partial charge in [0.15, 0.2) is 16.4 Å². The van der Waals surface area contributed by atoms with E-state index in [1.165, 1.54) is 12.1 Å². The second-order valence-electron chi connectivity index (χ2n) is 6.16. The number of nitrogens with zero attached hydrogens (tertiary/aromatic N) is 2. The van der Waals surface area contributed by atoms with Crippen LogP contribution in [0.15, 0.2) is 18.2 Å². The van der Waals surface area contributed by atoms with E-state index in [9.17, 15) is 23.3 Å². The molecular weight excluding hydrogens is 384 g/mol. The first-order chi connectivity index (χ1) is 12.2. The first-order valence-corrected chi connectivity index (χ1v) is 10.5. The highest BCUT2D eigenvalue weighted by Crippen LogP contribution is 2.29. The van der Waals surface area contributed by atoms with Crippen molar-refractivity contribution in [1.29, 1.82) is 0 Å². The summed E-state index contributed by atoms with van der Waals surface area (Å²) < 4.78 is 28.8. The van der Waals surface area contributed by atoms with Crippen LogP contribution in [0.1, 0.15) is 26.2 Å². The Balaban J connectivity index is 2.04. The van der Waals surface area contributed by atoms with Crippen molar-refractivity contribution >= 4 is 33.0 Å². The Bertz CT molecular complexity index is 783. The summed E-state index contributed by atoms with van der Waals surface area (Å²) in [7, 11) is -3.11. The third kappa shape index (κ3) is 5.31. The number of carbonyl (C=O) groups is 1. The Labute approximate surface area is 157 Å². The number of benzene rings is 1. The molecule has 0 spiro atoms. The fourth-order valence-corrected chi connectivity index (χ4v) is 4.76. The topological polar surface area (TPSA) is 107 Å². The predicted octanol–water partition coefficient (Wildman–Crippen LogP) is 2.44. The SMILES string of the molecule is CCCCN(C(=O)COc1ccc([N+](=O)[O-])cc1Cl)[C@H]1CCS(=O)(=O)C1. The maximum Gasteiger partial charge on any atom is 0.271 e. The van der Waals surface area contributed by atoms with Crippen molar-refractivity contribution in [2.24, 2.45) is 0 Å². The first-order valence-electron chi connectivity index (χ1n) is 8.30. The number of sulfone groups is 1. The van der Waals surface area contributed by atoms with Gasteiger partial charge in [-0.05, 0) is 18.9 Å². The second-order valence-corrected chi connectivity index (χ2v) is 8.79. The second kappa shape index (κ2) is 8.68. The van der Waals surface area contributed by atoms with Gasteiger partial charge in [0, 0.05) is 24.7 Å². The Morgan fingerprint density at radius 2 is 2.19 bits per heavy atom. The molecule has 144 valence electrons. The summed E-state index contributed by atoms with van der Waals surface area (Å²) in [6.45, 7) is 2.14. The third-order valence-corrected chi connectivity index (χ3v) is 6.25. The highest BCUT2D eigenvalue weighted by Gasteiger charge is 2.34. The summed E-state index contributed by atoms with van der Waals surface area (Å²) in [5.74, 6) is -0.0985. The number of unbranched alkanes of at least 4 members (excludes halogenated alkanes) is 1. The molecule has 1 heterocycles. The van der Waals surface area contributed by atoms with Crippen molar-refractivity contribution in [2.45, 2.75) is 32.2 Å². The minimum Gasteiger partial charge on any atom is -0.482 e. The molecule has 10 heteroatoms. The van der Waals surface area contributed by atoms with E-state index in [0.29, 0.717) is 13.0 Å². The molecule has 1 saturated heterocycles. The summed E-state index contributed by atoms with van der Waals surface area (Å²) in [6.07, 6.45) is 2.06. The fourth-order valence-electron chi connectivity index (χ4n) is 2.80. The zero-order valence-corrected chi connectivity index (χ0v) is 16.0. The highest BCUT2D eigenvalue weighted by atomic mass is 35.5. The number of nitro benzene ring substituents is 1. The summed E-state index contributed by atoms with van der Waals surface area (Å²) in [5.41, 5.74) is -0.172. The summed E-state index contributed by atoms with van der Waals surface area (Å²) in [4.78, 5) is 24.3. The number of nitro groups is 1. The average molecular weight is 405 g/mol. The molecule has 1 atom stereocenters. The first kappa shape index (κ1) is 20.4. The van der Waals surface area contributed by atoms with E-state index in [2.05, 4.69) is 0 Å². The molecule has 1 amide bonds. The van der Waals surface area contributed by atoms with Crippen molar-refractivity contribution in [2.75, 3.05) is 24.7 Å². The molecule has 0 saturated carbocycles. The van der Waals surface area contributed by atoms with Crippen LogP contribution in [0.25, 0.3) is 0 Å². The summed E-state index contributed by atoms with van der Waals surface area (Å²) >= 11 is 5.95. The van der Waals surface area contributed by atoms with Crippen LogP contribution in [-0.4, -0.2) is 54.8 Å². The van der Waals surface area contributed by atoms with Gasteiger partial charge in [-0.1, -0.05) is 24.9 Å². The number of hydrogen-bond acceptors (Lipinski definition) is 6. The summed E-state index contributed by atoms with van der Waals surface area (Å²) in [6, 6.07) is 3.39. The predicted molar refractivity (Wildman–Crippen MR) is 97.3 cm³/mol. The van der Waals surface area contributed by atoms with Crippen LogP contribution in [-0.2, 0) is 14.6 Å². The largest absolute Gasteiger partial charge is 0.482 e. The van der Waals surface area contributed by atoms with E-state index < -0.39 is 14.8 Å². The number of amides is 1. The number of ether oxygens (including phenoxy) is 1. The van der Waals surface area contributed by atoms with Gasteiger partial charge < -0.3 is 9.64 Å². The number of halogens is 1. The third-order valence-electron chi connectivity index (χ3n) is 4.20.